The van der Waals surface area contributed by atoms with Crippen molar-refractivity contribution in [2.24, 2.45) is 0 Å². The van der Waals surface area contributed by atoms with Crippen LogP contribution in [-0.2, 0) is 14.3 Å². The molecule has 3 N–H and O–H groups in total. The molecule has 2 aliphatic heterocycles. The fourth-order valence-electron chi connectivity index (χ4n) is 4.68. The first-order valence-corrected chi connectivity index (χ1v) is 13.5. The van der Waals surface area contributed by atoms with Crippen molar-refractivity contribution in [3.63, 3.8) is 0 Å². The van der Waals surface area contributed by atoms with Crippen LogP contribution in [0.3, 0.4) is 0 Å². The maximum absolute atomic E-state index is 13.6. The van der Waals surface area contributed by atoms with E-state index in [1.807, 2.05) is 6.08 Å². The summed E-state index contributed by atoms with van der Waals surface area (Å²) in [4.78, 5) is 23.8. The molecule has 0 spiro atoms. The van der Waals surface area contributed by atoms with E-state index in [2.05, 4.69) is 25.5 Å². The van der Waals surface area contributed by atoms with Crippen LogP contribution in [0.2, 0.25) is 5.02 Å². The zero-order valence-corrected chi connectivity index (χ0v) is 22.6. The Labute approximate surface area is 236 Å². The van der Waals surface area contributed by atoms with E-state index >= 15 is 0 Å². The minimum absolute atomic E-state index is 0.00902. The summed E-state index contributed by atoms with van der Waals surface area (Å²) in [5.41, 5.74) is 1.61. The lowest BCUT2D eigenvalue weighted by Crippen LogP contribution is -2.24. The number of carbonyl (C=O) groups is 1. The predicted molar refractivity (Wildman–Crippen MR) is 150 cm³/mol. The summed E-state index contributed by atoms with van der Waals surface area (Å²) in [6.45, 7) is 3.65. The molecule has 2 fully saturated rings. The predicted octanol–water partition coefficient (Wildman–Crippen LogP) is 3.91. The number of aliphatic hydroxyl groups excluding tert-OH is 1. The van der Waals surface area contributed by atoms with Crippen molar-refractivity contribution in [3.05, 3.63) is 59.7 Å². The first-order chi connectivity index (χ1) is 19.5. The number of rotatable bonds is 11. The van der Waals surface area contributed by atoms with Crippen molar-refractivity contribution in [1.29, 1.82) is 0 Å². The molecule has 5 rings (SSSR count). The van der Waals surface area contributed by atoms with Gasteiger partial charge in [0.2, 0.25) is 5.91 Å². The quantitative estimate of drug-likeness (QED) is 0.294. The molecule has 40 heavy (non-hydrogen) atoms. The Hall–Kier alpha value is -3.35. The molecule has 2 aliphatic rings. The maximum atomic E-state index is 13.6. The molecule has 3 heterocycles. The second kappa shape index (κ2) is 13.3. The van der Waals surface area contributed by atoms with Crippen LogP contribution in [0.5, 0.6) is 5.75 Å². The fourth-order valence-corrected chi connectivity index (χ4v) is 4.86. The molecule has 12 heteroatoms. The molecule has 3 aromatic rings. The second-order valence-corrected chi connectivity index (χ2v) is 10.0. The van der Waals surface area contributed by atoms with Crippen LogP contribution < -0.4 is 15.4 Å². The summed E-state index contributed by atoms with van der Waals surface area (Å²) in [6, 6.07) is 7.81. The van der Waals surface area contributed by atoms with Crippen LogP contribution in [-0.4, -0.2) is 84.2 Å². The van der Waals surface area contributed by atoms with Crippen molar-refractivity contribution in [3.8, 4) is 5.75 Å². The van der Waals surface area contributed by atoms with Gasteiger partial charge in [0, 0.05) is 49.3 Å². The van der Waals surface area contributed by atoms with Gasteiger partial charge in [-0.25, -0.2) is 14.4 Å². The molecule has 0 bridgehead atoms. The van der Waals surface area contributed by atoms with Gasteiger partial charge in [0.25, 0.3) is 0 Å². The number of likely N-dealkylation sites (tertiary alicyclic amines) is 1. The highest BCUT2D eigenvalue weighted by Gasteiger charge is 2.23. The van der Waals surface area contributed by atoms with Gasteiger partial charge in [0.05, 0.1) is 48.8 Å². The first-order valence-electron chi connectivity index (χ1n) is 13.2. The highest BCUT2D eigenvalue weighted by atomic mass is 35.5. The van der Waals surface area contributed by atoms with E-state index in [0.29, 0.717) is 60.2 Å². The summed E-state index contributed by atoms with van der Waals surface area (Å²) >= 11 is 5.95. The fraction of sp³-hybridized carbons (Fsp3) is 0.393. The van der Waals surface area contributed by atoms with Gasteiger partial charge in [-0.3, -0.25) is 9.69 Å². The second-order valence-electron chi connectivity index (χ2n) is 9.60. The summed E-state index contributed by atoms with van der Waals surface area (Å²) < 4.78 is 30.9. The van der Waals surface area contributed by atoms with E-state index in [4.69, 9.17) is 30.9 Å². The third kappa shape index (κ3) is 7.23. The van der Waals surface area contributed by atoms with Gasteiger partial charge in [-0.05, 0) is 30.7 Å². The number of aliphatic hydroxyl groups is 1. The third-order valence-electron chi connectivity index (χ3n) is 6.67. The Morgan fingerprint density at radius 3 is 2.95 bits per heavy atom. The number of benzene rings is 2. The molecule has 2 saturated heterocycles. The zero-order chi connectivity index (χ0) is 27.9. The van der Waals surface area contributed by atoms with Crippen LogP contribution in [0.4, 0.5) is 21.6 Å². The Bertz CT molecular complexity index is 1370. The minimum atomic E-state index is -0.518. The monoisotopic (exact) mass is 571 g/mol. The largest absolute Gasteiger partial charge is 0.486 e. The topological polar surface area (TPSA) is 118 Å². The number of aromatic nitrogens is 2. The van der Waals surface area contributed by atoms with Gasteiger partial charge in [-0.2, -0.15) is 0 Å². The van der Waals surface area contributed by atoms with Gasteiger partial charge in [0.1, 0.15) is 29.8 Å². The number of nitrogens with one attached hydrogen (secondary N) is 2. The van der Waals surface area contributed by atoms with Crippen molar-refractivity contribution in [2.45, 2.75) is 25.0 Å². The van der Waals surface area contributed by atoms with Crippen LogP contribution in [0.1, 0.15) is 12.8 Å². The van der Waals surface area contributed by atoms with E-state index in [-0.39, 0.29) is 29.7 Å². The number of carbonyl (C=O) groups excluding carboxylic acids is 1. The number of halogens is 2. The number of anilines is 3. The Balaban J connectivity index is 1.34. The molecule has 1 amide bonds. The summed E-state index contributed by atoms with van der Waals surface area (Å²) in [6.07, 6.45) is 6.32. The number of hydrogen-bond donors (Lipinski definition) is 3. The Morgan fingerprint density at radius 1 is 1.25 bits per heavy atom. The average Bonchev–Trinajstić information content (AvgIpc) is 3.62. The Morgan fingerprint density at radius 2 is 2.15 bits per heavy atom. The van der Waals surface area contributed by atoms with Crippen molar-refractivity contribution in [1.82, 2.24) is 14.9 Å². The molecule has 2 unspecified atom stereocenters. The van der Waals surface area contributed by atoms with Crippen LogP contribution in [0, 0.1) is 5.82 Å². The van der Waals surface area contributed by atoms with E-state index in [0.717, 1.165) is 25.9 Å². The summed E-state index contributed by atoms with van der Waals surface area (Å²) in [5, 5.41) is 15.6. The van der Waals surface area contributed by atoms with E-state index in [9.17, 15) is 9.18 Å². The van der Waals surface area contributed by atoms with Crippen molar-refractivity contribution >= 4 is 45.6 Å². The molecule has 1 aromatic heterocycles. The van der Waals surface area contributed by atoms with E-state index in [1.54, 1.807) is 18.2 Å². The lowest BCUT2D eigenvalue weighted by Gasteiger charge is -2.18. The number of hydrogen-bond acceptors (Lipinski definition) is 9. The molecular weight excluding hydrogens is 541 g/mol. The summed E-state index contributed by atoms with van der Waals surface area (Å²) in [5.74, 6) is 0.106. The number of fused-ring (bicyclic) bond motifs is 1. The average molecular weight is 572 g/mol. The normalized spacial score (nSPS) is 19.5. The van der Waals surface area contributed by atoms with E-state index in [1.165, 1.54) is 24.5 Å². The lowest BCUT2D eigenvalue weighted by molar-refractivity contribution is -0.111. The minimum Gasteiger partial charge on any atom is -0.486 e. The summed E-state index contributed by atoms with van der Waals surface area (Å²) in [7, 11) is 0. The standard InChI is InChI=1S/C28H31ClFN5O5/c29-22-12-18(3-4-23(22)30)33-28-21-13-25(26(14-24(21)31-17-32-28)40-20-6-10-38-16-20)34-27(37)2-1-7-35-8-5-19(15-35)39-11-9-36/h1-4,12-14,17,19-20,36H,5-11,15-16H2,(H,34,37)(H,31,32,33). The highest BCUT2D eigenvalue weighted by molar-refractivity contribution is 6.31. The molecule has 0 aliphatic carbocycles. The molecule has 0 saturated carbocycles. The van der Waals surface area contributed by atoms with Crippen molar-refractivity contribution < 1.29 is 28.5 Å². The van der Waals surface area contributed by atoms with Gasteiger partial charge in [0.15, 0.2) is 0 Å². The molecule has 2 atom stereocenters. The molecule has 2 aromatic carbocycles. The maximum Gasteiger partial charge on any atom is 0.248 e. The molecule has 0 radical (unpaired) electrons. The van der Waals surface area contributed by atoms with E-state index < -0.39 is 5.82 Å². The van der Waals surface area contributed by atoms with Gasteiger partial charge in [-0.15, -0.1) is 0 Å². The SMILES string of the molecule is O=C(C=CCN1CCC(OCCO)C1)Nc1cc2c(Nc3ccc(F)c(Cl)c3)ncnc2cc1OC1CCOC1. The number of amides is 1. The van der Waals surface area contributed by atoms with Crippen LogP contribution in [0.15, 0.2) is 48.8 Å². The Kier molecular flexibility index (Phi) is 9.40. The smallest absolute Gasteiger partial charge is 0.248 e. The van der Waals surface area contributed by atoms with Crippen LogP contribution >= 0.6 is 11.6 Å². The van der Waals surface area contributed by atoms with Crippen LogP contribution in [0.25, 0.3) is 10.9 Å². The first kappa shape index (κ1) is 28.2. The highest BCUT2D eigenvalue weighted by Crippen LogP contribution is 2.35. The zero-order valence-electron chi connectivity index (χ0n) is 21.8. The van der Waals surface area contributed by atoms with Gasteiger partial charge in [-0.1, -0.05) is 17.7 Å². The third-order valence-corrected chi connectivity index (χ3v) is 6.95. The molecule has 10 nitrogen and oxygen atoms in total. The lowest BCUT2D eigenvalue weighted by atomic mass is 10.1. The van der Waals surface area contributed by atoms with Gasteiger partial charge < -0.3 is 30.0 Å². The number of ether oxygens (including phenoxy) is 3. The van der Waals surface area contributed by atoms with Crippen molar-refractivity contribution in [2.75, 3.05) is 56.7 Å². The molecular formula is C28H31ClFN5O5. The number of nitrogens with zero attached hydrogens (tertiary/aromatic N) is 3. The van der Waals surface area contributed by atoms with Gasteiger partial charge >= 0.3 is 0 Å². The molecule has 212 valence electrons.